The molecule has 0 saturated carbocycles. The number of pyridine rings is 1. The van der Waals surface area contributed by atoms with Crippen molar-refractivity contribution in [3.05, 3.63) is 54.1 Å². The average Bonchev–Trinajstić information content (AvgIpc) is 2.86. The predicted molar refractivity (Wildman–Crippen MR) is 86.6 cm³/mol. The molecule has 0 spiro atoms. The van der Waals surface area contributed by atoms with Crippen molar-refractivity contribution in [1.82, 2.24) is 14.5 Å². The van der Waals surface area contributed by atoms with Gasteiger partial charge in [-0.25, -0.2) is 4.98 Å². The number of aryl methyl sites for hydroxylation is 2. The Morgan fingerprint density at radius 2 is 1.95 bits per heavy atom. The summed E-state index contributed by atoms with van der Waals surface area (Å²) in [4.78, 5) is 8.84. The molecule has 4 heteroatoms. The van der Waals surface area contributed by atoms with Gasteiger partial charge in [0.05, 0.1) is 11.7 Å². The second-order valence-electron chi connectivity index (χ2n) is 5.18. The Hall–Kier alpha value is -2.36. The summed E-state index contributed by atoms with van der Waals surface area (Å²) in [5, 5.41) is 3.45. The quantitative estimate of drug-likeness (QED) is 0.778. The van der Waals surface area contributed by atoms with Crippen LogP contribution in [-0.4, -0.2) is 21.1 Å². The van der Waals surface area contributed by atoms with E-state index in [0.29, 0.717) is 0 Å². The van der Waals surface area contributed by atoms with Gasteiger partial charge in [0.1, 0.15) is 11.3 Å². The summed E-state index contributed by atoms with van der Waals surface area (Å²) in [5.41, 5.74) is 4.57. The summed E-state index contributed by atoms with van der Waals surface area (Å²) in [6.07, 6.45) is 4.55. The summed E-state index contributed by atoms with van der Waals surface area (Å²) in [6, 6.07) is 10.5. The minimum Gasteiger partial charge on any atom is -0.385 e. The van der Waals surface area contributed by atoms with Gasteiger partial charge in [0.25, 0.3) is 0 Å². The van der Waals surface area contributed by atoms with Crippen molar-refractivity contribution >= 4 is 16.7 Å². The highest BCUT2D eigenvalue weighted by atomic mass is 15.1. The van der Waals surface area contributed by atoms with Crippen LogP contribution in [0.4, 0.5) is 5.69 Å². The maximum Gasteiger partial charge on any atom is 0.111 e. The lowest BCUT2D eigenvalue weighted by Gasteiger charge is -2.08. The van der Waals surface area contributed by atoms with Gasteiger partial charge < -0.3 is 9.88 Å². The third-order valence-corrected chi connectivity index (χ3v) is 3.68. The molecule has 0 atom stereocenters. The molecular formula is C17H20N4. The number of nitrogens with one attached hydrogen (secondary N) is 1. The third-order valence-electron chi connectivity index (χ3n) is 3.68. The van der Waals surface area contributed by atoms with Gasteiger partial charge in [0.2, 0.25) is 0 Å². The minimum atomic E-state index is 0.875. The number of hydrogen-bond acceptors (Lipinski definition) is 3. The van der Waals surface area contributed by atoms with Gasteiger partial charge in [-0.15, -0.1) is 0 Å². The maximum atomic E-state index is 4.69. The molecule has 108 valence electrons. The Morgan fingerprint density at radius 1 is 1.14 bits per heavy atom. The molecule has 0 unspecified atom stereocenters. The van der Waals surface area contributed by atoms with E-state index >= 15 is 0 Å². The lowest BCUT2D eigenvalue weighted by atomic mass is 10.2. The van der Waals surface area contributed by atoms with Gasteiger partial charge in [-0.3, -0.25) is 4.98 Å². The molecular weight excluding hydrogens is 260 g/mol. The zero-order valence-electron chi connectivity index (χ0n) is 12.5. The smallest absolute Gasteiger partial charge is 0.111 e. The topological polar surface area (TPSA) is 42.7 Å². The van der Waals surface area contributed by atoms with Gasteiger partial charge in [-0.05, 0) is 32.0 Å². The Morgan fingerprint density at radius 3 is 2.71 bits per heavy atom. The number of anilines is 1. The number of aromatic nitrogens is 3. The van der Waals surface area contributed by atoms with E-state index in [2.05, 4.69) is 58.0 Å². The molecule has 3 aromatic rings. The van der Waals surface area contributed by atoms with Crippen molar-refractivity contribution in [3.63, 3.8) is 0 Å². The molecule has 4 nitrogen and oxygen atoms in total. The van der Waals surface area contributed by atoms with Crippen molar-refractivity contribution in [2.45, 2.75) is 26.8 Å². The number of nitrogens with zero attached hydrogens (tertiary/aromatic N) is 3. The standard InChI is InChI=1S/C17H20N4/c1-3-21-16-8-10-18-12-15(16)20-17(21)9-11-19-14-6-4-13(2)5-7-14/h4-8,10,12,19H,3,9,11H2,1-2H3. The molecule has 0 bridgehead atoms. The summed E-state index contributed by atoms with van der Waals surface area (Å²) in [6.45, 7) is 6.06. The zero-order valence-corrected chi connectivity index (χ0v) is 12.5. The predicted octanol–water partition coefficient (Wildman–Crippen LogP) is 3.41. The van der Waals surface area contributed by atoms with E-state index in [-0.39, 0.29) is 0 Å². The lowest BCUT2D eigenvalue weighted by Crippen LogP contribution is -2.10. The van der Waals surface area contributed by atoms with Crippen molar-refractivity contribution in [3.8, 4) is 0 Å². The van der Waals surface area contributed by atoms with Crippen molar-refractivity contribution in [2.24, 2.45) is 0 Å². The fourth-order valence-electron chi connectivity index (χ4n) is 2.57. The van der Waals surface area contributed by atoms with Crippen LogP contribution in [0.5, 0.6) is 0 Å². The fourth-order valence-corrected chi connectivity index (χ4v) is 2.57. The Bertz CT molecular complexity index is 728. The van der Waals surface area contributed by atoms with Crippen LogP contribution >= 0.6 is 0 Å². The lowest BCUT2D eigenvalue weighted by molar-refractivity contribution is 0.717. The largest absolute Gasteiger partial charge is 0.385 e. The van der Waals surface area contributed by atoms with Crippen LogP contribution in [0.1, 0.15) is 18.3 Å². The van der Waals surface area contributed by atoms with E-state index in [1.807, 2.05) is 18.5 Å². The molecule has 0 aliphatic carbocycles. The molecule has 1 N–H and O–H groups in total. The number of hydrogen-bond donors (Lipinski definition) is 1. The van der Waals surface area contributed by atoms with Crippen molar-refractivity contribution < 1.29 is 0 Å². The van der Waals surface area contributed by atoms with E-state index in [9.17, 15) is 0 Å². The van der Waals surface area contributed by atoms with Gasteiger partial charge in [-0.2, -0.15) is 0 Å². The molecule has 0 aliphatic heterocycles. The van der Waals surface area contributed by atoms with Crippen molar-refractivity contribution in [2.75, 3.05) is 11.9 Å². The van der Waals surface area contributed by atoms with E-state index in [4.69, 9.17) is 0 Å². The van der Waals surface area contributed by atoms with Gasteiger partial charge >= 0.3 is 0 Å². The zero-order chi connectivity index (χ0) is 14.7. The van der Waals surface area contributed by atoms with E-state index < -0.39 is 0 Å². The highest BCUT2D eigenvalue weighted by molar-refractivity contribution is 5.74. The Kier molecular flexibility index (Phi) is 3.86. The first kappa shape index (κ1) is 13.6. The van der Waals surface area contributed by atoms with Crippen LogP contribution in [0, 0.1) is 6.92 Å². The molecule has 2 aromatic heterocycles. The molecule has 0 saturated heterocycles. The first-order valence-electron chi connectivity index (χ1n) is 7.37. The fraction of sp³-hybridized carbons (Fsp3) is 0.294. The first-order chi connectivity index (χ1) is 10.3. The first-order valence-corrected chi connectivity index (χ1v) is 7.37. The number of fused-ring (bicyclic) bond motifs is 1. The number of rotatable bonds is 5. The molecule has 1 aromatic carbocycles. The van der Waals surface area contributed by atoms with Crippen molar-refractivity contribution in [1.29, 1.82) is 0 Å². The molecule has 0 aliphatic rings. The summed E-state index contributed by atoms with van der Waals surface area (Å²) in [7, 11) is 0. The molecule has 3 rings (SSSR count). The normalized spacial score (nSPS) is 11.0. The average molecular weight is 280 g/mol. The molecule has 0 radical (unpaired) electrons. The van der Waals surface area contributed by atoms with E-state index in [0.717, 1.165) is 42.1 Å². The highest BCUT2D eigenvalue weighted by Gasteiger charge is 2.08. The molecule has 0 amide bonds. The van der Waals surface area contributed by atoms with Gasteiger partial charge in [0, 0.05) is 31.4 Å². The van der Waals surface area contributed by atoms with Gasteiger partial charge in [-0.1, -0.05) is 17.7 Å². The van der Waals surface area contributed by atoms with Crippen LogP contribution in [0.15, 0.2) is 42.7 Å². The summed E-state index contributed by atoms with van der Waals surface area (Å²) >= 11 is 0. The van der Waals surface area contributed by atoms with E-state index in [1.54, 1.807) is 0 Å². The second kappa shape index (κ2) is 5.95. The highest BCUT2D eigenvalue weighted by Crippen LogP contribution is 2.15. The van der Waals surface area contributed by atoms with Gasteiger partial charge in [0.15, 0.2) is 0 Å². The second-order valence-corrected chi connectivity index (χ2v) is 5.18. The monoisotopic (exact) mass is 280 g/mol. The molecule has 0 fully saturated rings. The number of imidazole rings is 1. The summed E-state index contributed by atoms with van der Waals surface area (Å²) in [5.74, 6) is 1.11. The third kappa shape index (κ3) is 2.89. The van der Waals surface area contributed by atoms with Crippen LogP contribution in [-0.2, 0) is 13.0 Å². The van der Waals surface area contributed by atoms with E-state index in [1.165, 1.54) is 5.56 Å². The summed E-state index contributed by atoms with van der Waals surface area (Å²) < 4.78 is 2.26. The Labute approximate surface area is 124 Å². The van der Waals surface area contributed by atoms with Crippen LogP contribution < -0.4 is 5.32 Å². The van der Waals surface area contributed by atoms with Crippen LogP contribution in [0.25, 0.3) is 11.0 Å². The SMILES string of the molecule is CCn1c(CCNc2ccc(C)cc2)nc2cnccc21. The molecule has 21 heavy (non-hydrogen) atoms. The van der Waals surface area contributed by atoms with Crippen LogP contribution in [0.3, 0.4) is 0 Å². The number of benzene rings is 1. The molecule has 2 heterocycles. The van der Waals surface area contributed by atoms with Crippen LogP contribution in [0.2, 0.25) is 0 Å². The Balaban J connectivity index is 1.71. The minimum absolute atomic E-state index is 0.875. The maximum absolute atomic E-state index is 4.69.